The van der Waals surface area contributed by atoms with Gasteiger partial charge in [-0.25, -0.2) is 15.8 Å². The highest BCUT2D eigenvalue weighted by atomic mass is 16.6. The summed E-state index contributed by atoms with van der Waals surface area (Å²) in [4.78, 5) is 19.4. The average Bonchev–Trinajstić information content (AvgIpc) is 3.11. The largest absolute Gasteiger partial charge is 0.396 e. The first-order chi connectivity index (χ1) is 12.8. The molecule has 2 aromatic heterocycles. The quantitative estimate of drug-likeness (QED) is 0.149. The number of fused-ring (bicyclic) bond motifs is 1. The number of aromatic nitrogens is 3. The molecule has 1 aliphatic heterocycles. The van der Waals surface area contributed by atoms with Crippen molar-refractivity contribution in [1.29, 1.82) is 0 Å². The highest BCUT2D eigenvalue weighted by Crippen LogP contribution is 2.41. The molecule has 1 amide bonds. The number of ether oxygens (including phenoxy) is 1. The summed E-state index contributed by atoms with van der Waals surface area (Å²) in [5.74, 6) is 9.38. The third-order valence-corrected chi connectivity index (χ3v) is 4.50. The Balaban J connectivity index is 2.14. The summed E-state index contributed by atoms with van der Waals surface area (Å²) < 4.78 is 7.25. The summed E-state index contributed by atoms with van der Waals surface area (Å²) in [6.07, 6.45) is -0.149. The number of carbonyl (C=O) groups is 1. The number of hydrazine groups is 1. The molecule has 3 rings (SSSR count). The number of nitrogen functional groups attached to an aromatic ring is 1. The minimum Gasteiger partial charge on any atom is -0.396 e. The third-order valence-electron chi connectivity index (χ3n) is 4.50. The van der Waals surface area contributed by atoms with E-state index in [-0.39, 0.29) is 18.8 Å². The van der Waals surface area contributed by atoms with E-state index in [0.717, 1.165) is 0 Å². The second-order valence-electron chi connectivity index (χ2n) is 6.34. The number of hydrogen-bond donors (Lipinski definition) is 6. The number of nitrogens with two attached hydrogens (primary N) is 2. The van der Waals surface area contributed by atoms with Gasteiger partial charge in [0.1, 0.15) is 29.5 Å². The number of hydrogen-bond acceptors (Lipinski definition) is 9. The Morgan fingerprint density at radius 3 is 2.93 bits per heavy atom. The van der Waals surface area contributed by atoms with E-state index in [4.69, 9.17) is 21.4 Å². The van der Waals surface area contributed by atoms with E-state index in [1.54, 1.807) is 0 Å². The number of amides is 1. The van der Waals surface area contributed by atoms with Gasteiger partial charge < -0.3 is 30.4 Å². The van der Waals surface area contributed by atoms with Gasteiger partial charge in [-0.3, -0.25) is 10.2 Å². The van der Waals surface area contributed by atoms with Crippen LogP contribution in [-0.4, -0.2) is 60.2 Å². The first kappa shape index (κ1) is 19.0. The normalized spacial score (nSPS) is 27.4. The second kappa shape index (κ2) is 7.10. The van der Waals surface area contributed by atoms with Crippen LogP contribution in [0.5, 0.6) is 0 Å². The number of aliphatic hydroxyl groups excluding tert-OH is 2. The SMILES string of the molecule is C[C@@]1(O)C(O)C(CCO)OC1n1cc(C#CC(=O)NN)c2c(N)ncnc21. The van der Waals surface area contributed by atoms with Gasteiger partial charge in [0.05, 0.1) is 17.1 Å². The molecule has 1 saturated heterocycles. The fraction of sp³-hybridized carbons (Fsp3) is 0.438. The lowest BCUT2D eigenvalue weighted by Crippen LogP contribution is -2.43. The molecule has 0 aliphatic carbocycles. The fourth-order valence-corrected chi connectivity index (χ4v) is 3.14. The predicted octanol–water partition coefficient (Wildman–Crippen LogP) is -2.25. The van der Waals surface area contributed by atoms with Crippen molar-refractivity contribution in [2.24, 2.45) is 5.84 Å². The highest BCUT2D eigenvalue weighted by molar-refractivity contribution is 5.97. The van der Waals surface area contributed by atoms with Crippen molar-refractivity contribution in [3.63, 3.8) is 0 Å². The molecule has 4 atom stereocenters. The van der Waals surface area contributed by atoms with Crippen molar-refractivity contribution in [3.05, 3.63) is 18.1 Å². The summed E-state index contributed by atoms with van der Waals surface area (Å²) >= 11 is 0. The van der Waals surface area contributed by atoms with Gasteiger partial charge in [0, 0.05) is 18.7 Å². The zero-order chi connectivity index (χ0) is 19.8. The number of nitrogens with one attached hydrogen (secondary N) is 1. The van der Waals surface area contributed by atoms with E-state index in [2.05, 4.69) is 21.8 Å². The molecular weight excluding hydrogens is 356 g/mol. The molecule has 0 spiro atoms. The third kappa shape index (κ3) is 3.20. The fourth-order valence-electron chi connectivity index (χ4n) is 3.14. The Labute approximate surface area is 153 Å². The molecule has 8 N–H and O–H groups in total. The molecule has 3 heterocycles. The van der Waals surface area contributed by atoms with E-state index in [9.17, 15) is 15.0 Å². The van der Waals surface area contributed by atoms with Gasteiger partial charge in [0.15, 0.2) is 6.23 Å². The second-order valence-corrected chi connectivity index (χ2v) is 6.34. The number of aliphatic hydroxyl groups is 3. The zero-order valence-corrected chi connectivity index (χ0v) is 14.5. The van der Waals surface area contributed by atoms with Gasteiger partial charge in [-0.1, -0.05) is 5.92 Å². The molecule has 11 nitrogen and oxygen atoms in total. The van der Waals surface area contributed by atoms with Crippen LogP contribution < -0.4 is 17.0 Å². The van der Waals surface area contributed by atoms with E-state index in [1.807, 2.05) is 5.43 Å². The maximum Gasteiger partial charge on any atom is 0.310 e. The van der Waals surface area contributed by atoms with Crippen LogP contribution in [0.15, 0.2) is 12.5 Å². The standard InChI is InChI=1S/C16H20N6O5/c1-16(26)12(25)9(4-5-23)27-15(16)22-6-8(2-3-10(24)21-18)11-13(17)19-7-20-14(11)22/h6-7,9,12,15,23,25-26H,4-5,18H2,1H3,(H,21,24)(H2,17,19,20)/t9?,12?,15?,16-/m1/s1. The molecule has 11 heteroatoms. The molecule has 0 bridgehead atoms. The number of carbonyl (C=O) groups excluding carboxylic acids is 1. The van der Waals surface area contributed by atoms with Crippen molar-refractivity contribution in [1.82, 2.24) is 20.0 Å². The van der Waals surface area contributed by atoms with E-state index < -0.39 is 29.9 Å². The zero-order valence-electron chi connectivity index (χ0n) is 14.5. The van der Waals surface area contributed by atoms with Gasteiger partial charge in [0.2, 0.25) is 0 Å². The average molecular weight is 376 g/mol. The molecule has 0 radical (unpaired) electrons. The van der Waals surface area contributed by atoms with Gasteiger partial charge in [-0.05, 0) is 13.3 Å². The van der Waals surface area contributed by atoms with Crippen LogP contribution in [0.3, 0.4) is 0 Å². The maximum atomic E-state index is 11.3. The summed E-state index contributed by atoms with van der Waals surface area (Å²) in [5, 5.41) is 30.7. The summed E-state index contributed by atoms with van der Waals surface area (Å²) in [5.41, 5.74) is 6.79. The Bertz CT molecular complexity index is 931. The molecule has 27 heavy (non-hydrogen) atoms. The topological polar surface area (TPSA) is 182 Å². The summed E-state index contributed by atoms with van der Waals surface area (Å²) in [7, 11) is 0. The van der Waals surface area contributed by atoms with Gasteiger partial charge >= 0.3 is 5.91 Å². The van der Waals surface area contributed by atoms with Crippen LogP contribution in [0.4, 0.5) is 5.82 Å². The Hall–Kier alpha value is -2.75. The Morgan fingerprint density at radius 2 is 2.26 bits per heavy atom. The molecule has 3 unspecified atom stereocenters. The monoisotopic (exact) mass is 376 g/mol. The molecule has 2 aromatic rings. The van der Waals surface area contributed by atoms with E-state index >= 15 is 0 Å². The van der Waals surface area contributed by atoms with E-state index in [0.29, 0.717) is 16.6 Å². The van der Waals surface area contributed by atoms with Crippen LogP contribution in [0.25, 0.3) is 11.0 Å². The lowest BCUT2D eigenvalue weighted by molar-refractivity contribution is -0.115. The maximum absolute atomic E-state index is 11.3. The molecule has 1 aliphatic rings. The van der Waals surface area contributed by atoms with Crippen molar-refractivity contribution >= 4 is 22.8 Å². The molecule has 1 fully saturated rings. The van der Waals surface area contributed by atoms with Crippen LogP contribution in [-0.2, 0) is 9.53 Å². The Kier molecular flexibility index (Phi) is 5.01. The predicted molar refractivity (Wildman–Crippen MR) is 93.4 cm³/mol. The summed E-state index contributed by atoms with van der Waals surface area (Å²) in [6.45, 7) is 1.21. The molecule has 0 aromatic carbocycles. The first-order valence-electron chi connectivity index (χ1n) is 8.11. The lowest BCUT2D eigenvalue weighted by atomic mass is 9.95. The minimum atomic E-state index is -1.68. The Morgan fingerprint density at radius 1 is 1.52 bits per heavy atom. The molecule has 0 saturated carbocycles. The van der Waals surface area contributed by atoms with Crippen LogP contribution in [0.2, 0.25) is 0 Å². The molecule has 144 valence electrons. The number of nitrogens with zero attached hydrogens (tertiary/aromatic N) is 3. The van der Waals surface area contributed by atoms with Gasteiger partial charge in [-0.15, -0.1) is 0 Å². The number of anilines is 1. The van der Waals surface area contributed by atoms with Crippen LogP contribution in [0.1, 0.15) is 25.1 Å². The van der Waals surface area contributed by atoms with Crippen LogP contribution >= 0.6 is 0 Å². The molecular formula is C16H20N6O5. The summed E-state index contributed by atoms with van der Waals surface area (Å²) in [6, 6.07) is 0. The first-order valence-corrected chi connectivity index (χ1v) is 8.11. The van der Waals surface area contributed by atoms with E-state index in [1.165, 1.54) is 24.0 Å². The van der Waals surface area contributed by atoms with Crippen molar-refractivity contribution in [2.75, 3.05) is 12.3 Å². The van der Waals surface area contributed by atoms with Crippen molar-refractivity contribution in [3.8, 4) is 11.8 Å². The smallest absolute Gasteiger partial charge is 0.310 e. The van der Waals surface area contributed by atoms with Gasteiger partial charge in [-0.2, -0.15) is 0 Å². The van der Waals surface area contributed by atoms with Crippen LogP contribution in [0, 0.1) is 11.8 Å². The highest BCUT2D eigenvalue weighted by Gasteiger charge is 2.53. The van der Waals surface area contributed by atoms with Gasteiger partial charge in [0.25, 0.3) is 0 Å². The minimum absolute atomic E-state index is 0.126. The number of rotatable bonds is 3. The lowest BCUT2D eigenvalue weighted by Gasteiger charge is -2.27. The van der Waals surface area contributed by atoms with Crippen molar-refractivity contribution in [2.45, 2.75) is 37.4 Å². The van der Waals surface area contributed by atoms with Crippen molar-refractivity contribution < 1.29 is 24.9 Å².